The highest BCUT2D eigenvalue weighted by Gasteiger charge is 2.33. The Labute approximate surface area is 271 Å². The van der Waals surface area contributed by atoms with Crippen LogP contribution in [0.5, 0.6) is 0 Å². The van der Waals surface area contributed by atoms with Crippen molar-refractivity contribution < 1.29 is 27.5 Å². The number of anilines is 2. The fourth-order valence-corrected chi connectivity index (χ4v) is 6.23. The number of piperazine rings is 1. The van der Waals surface area contributed by atoms with E-state index in [1.807, 2.05) is 42.5 Å². The van der Waals surface area contributed by atoms with Gasteiger partial charge >= 0.3 is 12.1 Å². The zero-order valence-electron chi connectivity index (χ0n) is 23.6. The molecule has 1 aliphatic rings. The van der Waals surface area contributed by atoms with Crippen molar-refractivity contribution in [2.75, 3.05) is 43.5 Å². The molecule has 1 heterocycles. The van der Waals surface area contributed by atoms with Crippen LogP contribution >= 0.6 is 34.2 Å². The van der Waals surface area contributed by atoms with Crippen LogP contribution in [0.15, 0.2) is 91.0 Å². The molecule has 11 heteroatoms. The number of benzene rings is 4. The molecule has 5 rings (SSSR count). The molecule has 228 valence electrons. The van der Waals surface area contributed by atoms with Gasteiger partial charge in [0, 0.05) is 51.7 Å². The monoisotopic (exact) mass is 733 g/mol. The quantitative estimate of drug-likeness (QED) is 0.155. The fourth-order valence-electron chi connectivity index (χ4n) is 5.27. The van der Waals surface area contributed by atoms with Gasteiger partial charge in [-0.2, -0.15) is 13.2 Å². The maximum Gasteiger partial charge on any atom is 0.416 e. The summed E-state index contributed by atoms with van der Waals surface area (Å²) in [6.45, 7) is 2.56. The summed E-state index contributed by atoms with van der Waals surface area (Å²) in [5, 5.41) is 3.41. The van der Waals surface area contributed by atoms with E-state index in [9.17, 15) is 22.8 Å². The van der Waals surface area contributed by atoms with E-state index in [2.05, 4.69) is 37.7 Å². The number of carbonyl (C=O) groups excluding carboxylic acids is 2. The average Bonchev–Trinajstić information content (AvgIpc) is 3.02. The van der Waals surface area contributed by atoms with Crippen LogP contribution in [0.3, 0.4) is 0 Å². The summed E-state index contributed by atoms with van der Waals surface area (Å²) in [7, 11) is 1.37. The normalized spacial score (nSPS) is 14.6. The number of esters is 1. The van der Waals surface area contributed by atoms with Gasteiger partial charge in [-0.3, -0.25) is 9.69 Å². The van der Waals surface area contributed by atoms with Crippen molar-refractivity contribution in [3.8, 4) is 11.1 Å². The molecular weight excluding hydrogens is 706 g/mol. The Hall–Kier alpha value is -3.61. The number of nitrogens with zero attached hydrogens (tertiary/aromatic N) is 2. The molecule has 1 saturated heterocycles. The first kappa shape index (κ1) is 31.8. The highest BCUT2D eigenvalue weighted by molar-refractivity contribution is 14.1. The predicted molar refractivity (Wildman–Crippen MR) is 174 cm³/mol. The van der Waals surface area contributed by atoms with E-state index in [-0.39, 0.29) is 11.9 Å². The average molecular weight is 734 g/mol. The highest BCUT2D eigenvalue weighted by Crippen LogP contribution is 2.33. The van der Waals surface area contributed by atoms with Gasteiger partial charge in [0.15, 0.2) is 0 Å². The first-order valence-electron chi connectivity index (χ1n) is 13.7. The molecule has 44 heavy (non-hydrogen) atoms. The number of nitrogens with one attached hydrogen (secondary N) is 1. The van der Waals surface area contributed by atoms with Crippen molar-refractivity contribution in [2.24, 2.45) is 0 Å². The Morgan fingerprint density at radius 2 is 1.57 bits per heavy atom. The third-order valence-corrected chi connectivity index (χ3v) is 8.54. The molecule has 1 amide bonds. The van der Waals surface area contributed by atoms with E-state index >= 15 is 0 Å². The molecule has 1 aliphatic heterocycles. The van der Waals surface area contributed by atoms with E-state index in [0.717, 1.165) is 21.4 Å². The van der Waals surface area contributed by atoms with Crippen molar-refractivity contribution in [1.82, 2.24) is 4.90 Å². The van der Waals surface area contributed by atoms with Crippen LogP contribution in [-0.2, 0) is 15.7 Å². The summed E-state index contributed by atoms with van der Waals surface area (Å²) in [4.78, 5) is 30.2. The van der Waals surface area contributed by atoms with Crippen LogP contribution in [0.4, 0.5) is 24.5 Å². The minimum absolute atomic E-state index is 0.348. The van der Waals surface area contributed by atoms with Gasteiger partial charge in [0.2, 0.25) is 0 Å². The predicted octanol–water partition coefficient (Wildman–Crippen LogP) is 7.92. The van der Waals surface area contributed by atoms with Crippen molar-refractivity contribution in [3.05, 3.63) is 116 Å². The minimum atomic E-state index is -4.43. The van der Waals surface area contributed by atoms with Crippen molar-refractivity contribution in [3.63, 3.8) is 0 Å². The molecule has 6 nitrogen and oxygen atoms in total. The number of rotatable bonds is 7. The number of methoxy groups -OCH3 is 1. The number of carbonyl (C=O) groups is 2. The molecular formula is C33H28ClF3IN3O3. The first-order chi connectivity index (χ1) is 21.0. The van der Waals surface area contributed by atoms with Gasteiger partial charge in [-0.1, -0.05) is 48.0 Å². The lowest BCUT2D eigenvalue weighted by molar-refractivity contribution is -0.147. The Kier molecular flexibility index (Phi) is 9.81. The van der Waals surface area contributed by atoms with Crippen LogP contribution in [0.25, 0.3) is 11.1 Å². The Balaban J connectivity index is 1.24. The molecule has 4 aromatic carbocycles. The Morgan fingerprint density at radius 1 is 0.909 bits per heavy atom. The summed E-state index contributed by atoms with van der Waals surface area (Å²) in [6, 6.07) is 24.0. The largest absolute Gasteiger partial charge is 0.468 e. The van der Waals surface area contributed by atoms with E-state index in [1.54, 1.807) is 24.3 Å². The second-order valence-corrected chi connectivity index (χ2v) is 11.9. The molecule has 1 fully saturated rings. The molecule has 0 bridgehead atoms. The molecule has 0 aliphatic carbocycles. The number of halogens is 5. The second-order valence-electron chi connectivity index (χ2n) is 10.2. The number of alkyl halides is 3. The van der Waals surface area contributed by atoms with Crippen LogP contribution in [0, 0.1) is 3.57 Å². The number of hydrogen-bond acceptors (Lipinski definition) is 5. The first-order valence-corrected chi connectivity index (χ1v) is 15.2. The van der Waals surface area contributed by atoms with Gasteiger partial charge in [0.1, 0.15) is 6.04 Å². The van der Waals surface area contributed by atoms with Crippen molar-refractivity contribution in [2.45, 2.75) is 12.2 Å². The lowest BCUT2D eigenvalue weighted by atomic mass is 9.98. The molecule has 4 aromatic rings. The maximum atomic E-state index is 13.2. The summed E-state index contributed by atoms with van der Waals surface area (Å²) in [5.41, 5.74) is 2.91. The second kappa shape index (κ2) is 13.6. The van der Waals surface area contributed by atoms with Gasteiger partial charge in [-0.05, 0) is 93.9 Å². The highest BCUT2D eigenvalue weighted by atomic mass is 127. The number of ether oxygens (including phenoxy) is 1. The van der Waals surface area contributed by atoms with Gasteiger partial charge < -0.3 is 15.0 Å². The van der Waals surface area contributed by atoms with Gasteiger partial charge in [0.25, 0.3) is 5.91 Å². The molecule has 0 radical (unpaired) electrons. The molecule has 1 N–H and O–H groups in total. The Bertz CT molecular complexity index is 1640. The van der Waals surface area contributed by atoms with Crippen LogP contribution < -0.4 is 10.2 Å². The topological polar surface area (TPSA) is 61.9 Å². The van der Waals surface area contributed by atoms with Crippen molar-refractivity contribution in [1.29, 1.82) is 0 Å². The molecule has 1 atom stereocenters. The summed E-state index contributed by atoms with van der Waals surface area (Å²) in [5.74, 6) is -0.730. The van der Waals surface area contributed by atoms with Crippen LogP contribution in [0.1, 0.15) is 27.5 Å². The van der Waals surface area contributed by atoms with Gasteiger partial charge in [0.05, 0.1) is 12.7 Å². The summed E-state index contributed by atoms with van der Waals surface area (Å²) >= 11 is 8.68. The zero-order chi connectivity index (χ0) is 31.4. The van der Waals surface area contributed by atoms with E-state index in [4.69, 9.17) is 16.3 Å². The van der Waals surface area contributed by atoms with Crippen LogP contribution in [-0.4, -0.2) is 50.1 Å². The minimum Gasteiger partial charge on any atom is -0.468 e. The standard InChI is InChI=1S/C33H28ClF3IN3O3/c1-44-32(43)30(28-15-10-23(38)20-29(28)34)41-18-16-40(17-19-41)25-13-11-24(12-14-25)39-31(42)27-5-3-2-4-26(27)21-6-8-22(9-7-21)33(35,36)37/h2-15,20,30H,16-19H2,1H3,(H,39,42). The van der Waals surface area contributed by atoms with E-state index < -0.39 is 17.8 Å². The number of amides is 1. The maximum absolute atomic E-state index is 13.2. The van der Waals surface area contributed by atoms with E-state index in [0.29, 0.717) is 59.1 Å². The Morgan fingerprint density at radius 3 is 2.18 bits per heavy atom. The van der Waals surface area contributed by atoms with Crippen molar-refractivity contribution >= 4 is 57.4 Å². The molecule has 1 unspecified atom stereocenters. The zero-order valence-corrected chi connectivity index (χ0v) is 26.5. The molecule has 0 aromatic heterocycles. The third-order valence-electron chi connectivity index (χ3n) is 7.55. The lowest BCUT2D eigenvalue weighted by Gasteiger charge is -2.39. The lowest BCUT2D eigenvalue weighted by Crippen LogP contribution is -2.49. The smallest absolute Gasteiger partial charge is 0.416 e. The van der Waals surface area contributed by atoms with Crippen LogP contribution in [0.2, 0.25) is 5.02 Å². The fraction of sp³-hybridized carbons (Fsp3) is 0.212. The third kappa shape index (κ3) is 7.19. The SMILES string of the molecule is COC(=O)C(c1ccc(I)cc1Cl)N1CCN(c2ccc(NC(=O)c3ccccc3-c3ccc(C(F)(F)F)cc3)cc2)CC1. The number of hydrogen-bond donors (Lipinski definition) is 1. The molecule has 0 saturated carbocycles. The van der Waals surface area contributed by atoms with Gasteiger partial charge in [-0.15, -0.1) is 0 Å². The van der Waals surface area contributed by atoms with Gasteiger partial charge in [-0.25, -0.2) is 4.79 Å². The molecule has 0 spiro atoms. The summed E-state index contributed by atoms with van der Waals surface area (Å²) in [6.07, 6.45) is -4.43. The van der Waals surface area contributed by atoms with E-state index in [1.165, 1.54) is 19.2 Å². The summed E-state index contributed by atoms with van der Waals surface area (Å²) < 4.78 is 45.1.